The molecule has 13 heavy (non-hydrogen) atoms. The predicted octanol–water partition coefficient (Wildman–Crippen LogP) is 1.64. The van der Waals surface area contributed by atoms with E-state index in [1.54, 1.807) is 6.20 Å². The second kappa shape index (κ2) is 3.00. The smallest absolute Gasteiger partial charge is 0.257 e. The van der Waals surface area contributed by atoms with Gasteiger partial charge in [-0.1, -0.05) is 13.0 Å². The molecule has 0 spiro atoms. The van der Waals surface area contributed by atoms with Gasteiger partial charge in [-0.3, -0.25) is 9.36 Å². The number of aromatic nitrogens is 2. The molecular formula is C9H9ClN2O. The lowest BCUT2D eigenvalue weighted by Gasteiger charge is -2.20. The van der Waals surface area contributed by atoms with Gasteiger partial charge >= 0.3 is 0 Å². The average molecular weight is 197 g/mol. The van der Waals surface area contributed by atoms with Gasteiger partial charge in [-0.15, -0.1) is 11.6 Å². The quantitative estimate of drug-likeness (QED) is 0.592. The summed E-state index contributed by atoms with van der Waals surface area (Å²) in [7, 11) is 0. The summed E-state index contributed by atoms with van der Waals surface area (Å²) in [6.07, 6.45) is 5.14. The maximum Gasteiger partial charge on any atom is 0.257 e. The average Bonchev–Trinajstić information content (AvgIpc) is 2.12. The van der Waals surface area contributed by atoms with Crippen LogP contribution < -0.4 is 5.56 Å². The van der Waals surface area contributed by atoms with Crippen molar-refractivity contribution in [2.75, 3.05) is 0 Å². The van der Waals surface area contributed by atoms with Gasteiger partial charge in [-0.2, -0.15) is 0 Å². The van der Waals surface area contributed by atoms with Crippen LogP contribution in [0.2, 0.25) is 0 Å². The van der Waals surface area contributed by atoms with E-state index in [9.17, 15) is 4.79 Å². The van der Waals surface area contributed by atoms with Gasteiger partial charge in [0.2, 0.25) is 0 Å². The Labute approximate surface area is 80.7 Å². The van der Waals surface area contributed by atoms with Gasteiger partial charge in [0.25, 0.3) is 5.56 Å². The zero-order valence-corrected chi connectivity index (χ0v) is 7.90. The molecule has 3 nitrogen and oxygen atoms in total. The van der Waals surface area contributed by atoms with Crippen molar-refractivity contribution in [1.82, 2.24) is 9.55 Å². The summed E-state index contributed by atoms with van der Waals surface area (Å²) in [5.41, 5.74) is -0.0844. The number of rotatable bonds is 0. The van der Waals surface area contributed by atoms with Crippen molar-refractivity contribution in [3.63, 3.8) is 0 Å². The van der Waals surface area contributed by atoms with Crippen LogP contribution in [0.4, 0.5) is 0 Å². The number of allylic oxidation sites excluding steroid dienone is 1. The summed E-state index contributed by atoms with van der Waals surface area (Å²) >= 11 is 6.10. The first kappa shape index (κ1) is 8.51. The first-order valence-corrected chi connectivity index (χ1v) is 4.53. The van der Waals surface area contributed by atoms with E-state index in [0.29, 0.717) is 5.82 Å². The third kappa shape index (κ3) is 1.29. The molecule has 2 unspecified atom stereocenters. The van der Waals surface area contributed by atoms with E-state index in [0.717, 1.165) is 0 Å². The first-order valence-electron chi connectivity index (χ1n) is 4.10. The number of fused-ring (bicyclic) bond motifs is 1. The largest absolute Gasteiger partial charge is 0.271 e. The van der Waals surface area contributed by atoms with Crippen LogP contribution in [0.1, 0.15) is 18.1 Å². The molecule has 1 aromatic rings. The fourth-order valence-corrected chi connectivity index (χ4v) is 1.59. The number of hydrogen-bond acceptors (Lipinski definition) is 2. The normalized spacial score (nSPS) is 25.7. The fourth-order valence-electron chi connectivity index (χ4n) is 1.34. The molecule has 0 aromatic carbocycles. The zero-order chi connectivity index (χ0) is 9.42. The summed E-state index contributed by atoms with van der Waals surface area (Å²) in [6, 6.07) is 1.42. The Morgan fingerprint density at radius 1 is 1.62 bits per heavy atom. The number of halogens is 1. The van der Waals surface area contributed by atoms with Crippen molar-refractivity contribution in [3.8, 4) is 0 Å². The van der Waals surface area contributed by atoms with Crippen LogP contribution in [0.5, 0.6) is 0 Å². The topological polar surface area (TPSA) is 34.9 Å². The van der Waals surface area contributed by atoms with E-state index in [-0.39, 0.29) is 16.9 Å². The van der Waals surface area contributed by atoms with E-state index in [1.165, 1.54) is 16.8 Å². The summed E-state index contributed by atoms with van der Waals surface area (Å²) in [5.74, 6) is 0.847. The van der Waals surface area contributed by atoms with Crippen LogP contribution in [-0.2, 0) is 0 Å². The summed E-state index contributed by atoms with van der Waals surface area (Å²) in [6.45, 7) is 2.00. The lowest BCUT2D eigenvalue weighted by Crippen LogP contribution is -2.25. The van der Waals surface area contributed by atoms with Crippen molar-refractivity contribution in [2.45, 2.75) is 12.3 Å². The van der Waals surface area contributed by atoms with Gasteiger partial charge in [0.15, 0.2) is 0 Å². The minimum Gasteiger partial charge on any atom is -0.271 e. The maximum atomic E-state index is 11.3. The molecule has 0 amide bonds. The predicted molar refractivity (Wildman–Crippen MR) is 51.6 cm³/mol. The van der Waals surface area contributed by atoms with Crippen molar-refractivity contribution < 1.29 is 0 Å². The summed E-state index contributed by atoms with van der Waals surface area (Å²) < 4.78 is 1.48. The molecule has 0 saturated heterocycles. The Bertz CT molecular complexity index is 410. The van der Waals surface area contributed by atoms with Crippen LogP contribution in [-0.4, -0.2) is 9.55 Å². The van der Waals surface area contributed by atoms with Crippen LogP contribution >= 0.6 is 11.6 Å². The Morgan fingerprint density at radius 2 is 2.38 bits per heavy atom. The monoisotopic (exact) mass is 196 g/mol. The highest BCUT2D eigenvalue weighted by Gasteiger charge is 2.22. The molecule has 1 aliphatic rings. The van der Waals surface area contributed by atoms with E-state index in [1.807, 2.05) is 13.0 Å². The van der Waals surface area contributed by atoms with E-state index >= 15 is 0 Å². The Hall–Kier alpha value is -1.09. The minimum atomic E-state index is -0.209. The Kier molecular flexibility index (Phi) is 1.96. The van der Waals surface area contributed by atoms with Gasteiger partial charge in [0, 0.05) is 18.5 Å². The van der Waals surface area contributed by atoms with Crippen LogP contribution in [0, 0.1) is 5.92 Å². The standard InChI is InChI=1S/C9H9ClN2O/c1-6-3-5-12-7(13)2-4-11-9(12)8(6)10/h2-6,8H,1H3. The molecule has 4 heteroatoms. The highest BCUT2D eigenvalue weighted by Crippen LogP contribution is 2.30. The Morgan fingerprint density at radius 3 is 3.15 bits per heavy atom. The third-order valence-electron chi connectivity index (χ3n) is 2.16. The van der Waals surface area contributed by atoms with Gasteiger partial charge in [-0.05, 0) is 5.92 Å². The van der Waals surface area contributed by atoms with Crippen LogP contribution in [0.3, 0.4) is 0 Å². The molecule has 0 aliphatic carbocycles. The first-order chi connectivity index (χ1) is 6.20. The molecule has 1 aliphatic heterocycles. The van der Waals surface area contributed by atoms with Gasteiger partial charge < -0.3 is 0 Å². The van der Waals surface area contributed by atoms with E-state index in [4.69, 9.17) is 11.6 Å². The van der Waals surface area contributed by atoms with Crippen LogP contribution in [0.15, 0.2) is 23.1 Å². The number of alkyl halides is 1. The Balaban J connectivity index is 2.65. The molecule has 0 bridgehead atoms. The molecule has 2 heterocycles. The maximum absolute atomic E-state index is 11.3. The van der Waals surface area contributed by atoms with Gasteiger partial charge in [-0.25, -0.2) is 4.98 Å². The van der Waals surface area contributed by atoms with Crippen molar-refractivity contribution in [1.29, 1.82) is 0 Å². The minimum absolute atomic E-state index is 0.0844. The molecule has 2 atom stereocenters. The highest BCUT2D eigenvalue weighted by molar-refractivity contribution is 6.20. The van der Waals surface area contributed by atoms with E-state index < -0.39 is 0 Å². The van der Waals surface area contributed by atoms with Crippen molar-refractivity contribution in [2.24, 2.45) is 5.92 Å². The van der Waals surface area contributed by atoms with Gasteiger partial charge in [0.05, 0.1) is 5.38 Å². The molecule has 0 fully saturated rings. The second-order valence-electron chi connectivity index (χ2n) is 3.11. The second-order valence-corrected chi connectivity index (χ2v) is 3.58. The lowest BCUT2D eigenvalue weighted by molar-refractivity contribution is 0.619. The van der Waals surface area contributed by atoms with Crippen molar-refractivity contribution in [3.05, 3.63) is 34.5 Å². The molecule has 1 aromatic heterocycles. The molecule has 2 rings (SSSR count). The molecule has 68 valence electrons. The zero-order valence-electron chi connectivity index (χ0n) is 7.14. The summed E-state index contributed by atoms with van der Waals surface area (Å²) in [5, 5.41) is -0.209. The fraction of sp³-hybridized carbons (Fsp3) is 0.333. The summed E-state index contributed by atoms with van der Waals surface area (Å²) in [4.78, 5) is 15.4. The molecule has 0 N–H and O–H groups in total. The third-order valence-corrected chi connectivity index (χ3v) is 2.75. The number of hydrogen-bond donors (Lipinski definition) is 0. The lowest BCUT2D eigenvalue weighted by atomic mass is 10.0. The molecule has 0 radical (unpaired) electrons. The van der Waals surface area contributed by atoms with Gasteiger partial charge in [0.1, 0.15) is 5.82 Å². The number of nitrogens with zero attached hydrogens (tertiary/aromatic N) is 2. The SMILES string of the molecule is CC1C=Cn2c(nccc2=O)C1Cl. The van der Waals surface area contributed by atoms with Crippen LogP contribution in [0.25, 0.3) is 6.20 Å². The van der Waals surface area contributed by atoms with Crippen molar-refractivity contribution >= 4 is 17.8 Å². The molecule has 0 saturated carbocycles. The van der Waals surface area contributed by atoms with E-state index in [2.05, 4.69) is 4.98 Å². The highest BCUT2D eigenvalue weighted by atomic mass is 35.5. The molecular weight excluding hydrogens is 188 g/mol.